The molecule has 0 aromatic heterocycles. The van der Waals surface area contributed by atoms with Crippen LogP contribution in [0.3, 0.4) is 0 Å². The summed E-state index contributed by atoms with van der Waals surface area (Å²) in [7, 11) is 0. The molecule has 3 rings (SSSR count). The van der Waals surface area contributed by atoms with Gasteiger partial charge in [-0.25, -0.2) is 4.79 Å². The molecule has 0 radical (unpaired) electrons. The normalized spacial score (nSPS) is 21.7. The van der Waals surface area contributed by atoms with E-state index in [2.05, 4.69) is 15.5 Å². The molecule has 1 saturated carbocycles. The Hall–Kier alpha value is -1.83. The molecule has 2 aliphatic heterocycles. The SMILES string of the molecule is O=C(NCCC(=O)N1CCN(CC(=O)N2CCCCC2)CC1)NC1CCCCC1. The topological polar surface area (TPSA) is 85.0 Å². The number of hydrogen-bond acceptors (Lipinski definition) is 4. The van der Waals surface area contributed by atoms with Crippen molar-refractivity contribution in [1.82, 2.24) is 25.3 Å². The number of rotatable bonds is 6. The fourth-order valence-electron chi connectivity index (χ4n) is 4.51. The maximum Gasteiger partial charge on any atom is 0.315 e. The number of carbonyl (C=O) groups is 3. The van der Waals surface area contributed by atoms with E-state index in [0.29, 0.717) is 32.6 Å². The fraction of sp³-hybridized carbons (Fsp3) is 0.857. The molecule has 0 atom stereocenters. The van der Waals surface area contributed by atoms with Crippen molar-refractivity contribution in [2.45, 2.75) is 63.8 Å². The Kier molecular flexibility index (Phi) is 8.58. The second-order valence-electron chi connectivity index (χ2n) is 8.58. The Morgan fingerprint density at radius 2 is 1.34 bits per heavy atom. The highest BCUT2D eigenvalue weighted by Gasteiger charge is 2.24. The summed E-state index contributed by atoms with van der Waals surface area (Å²) in [5.41, 5.74) is 0. The van der Waals surface area contributed by atoms with Crippen LogP contribution in [-0.4, -0.2) is 90.9 Å². The van der Waals surface area contributed by atoms with Gasteiger partial charge >= 0.3 is 6.03 Å². The fourth-order valence-corrected chi connectivity index (χ4v) is 4.51. The van der Waals surface area contributed by atoms with Crippen LogP contribution in [0.15, 0.2) is 0 Å². The molecule has 0 unspecified atom stereocenters. The second-order valence-corrected chi connectivity index (χ2v) is 8.58. The molecule has 0 aromatic carbocycles. The van der Waals surface area contributed by atoms with Crippen LogP contribution in [-0.2, 0) is 9.59 Å². The van der Waals surface area contributed by atoms with Crippen molar-refractivity contribution in [2.24, 2.45) is 0 Å². The van der Waals surface area contributed by atoms with Gasteiger partial charge in [0.05, 0.1) is 6.54 Å². The molecular formula is C21H37N5O3. The molecule has 2 saturated heterocycles. The van der Waals surface area contributed by atoms with Crippen molar-refractivity contribution in [3.8, 4) is 0 Å². The van der Waals surface area contributed by atoms with Gasteiger partial charge in [-0.05, 0) is 32.1 Å². The van der Waals surface area contributed by atoms with Crippen LogP contribution in [0.2, 0.25) is 0 Å². The van der Waals surface area contributed by atoms with E-state index in [9.17, 15) is 14.4 Å². The summed E-state index contributed by atoms with van der Waals surface area (Å²) in [6, 6.07) is 0.117. The first kappa shape index (κ1) is 21.9. The lowest BCUT2D eigenvalue weighted by atomic mass is 9.96. The van der Waals surface area contributed by atoms with E-state index < -0.39 is 0 Å². The highest BCUT2D eigenvalue weighted by molar-refractivity contribution is 5.79. The van der Waals surface area contributed by atoms with Gasteiger partial charge in [-0.1, -0.05) is 19.3 Å². The van der Waals surface area contributed by atoms with Crippen molar-refractivity contribution in [3.63, 3.8) is 0 Å². The molecule has 3 fully saturated rings. The Bertz CT molecular complexity index is 551. The Labute approximate surface area is 174 Å². The van der Waals surface area contributed by atoms with E-state index >= 15 is 0 Å². The van der Waals surface area contributed by atoms with Crippen molar-refractivity contribution < 1.29 is 14.4 Å². The molecule has 0 aromatic rings. The molecule has 0 bridgehead atoms. The summed E-state index contributed by atoms with van der Waals surface area (Å²) >= 11 is 0. The standard InChI is InChI=1S/C21H37N5O3/c27-19(9-10-22-21(29)23-18-7-3-1-4-8-18)26-15-13-24(14-16-26)17-20(28)25-11-5-2-6-12-25/h18H,1-17H2,(H2,22,23,29). The van der Waals surface area contributed by atoms with Gasteiger partial charge in [-0.2, -0.15) is 0 Å². The highest BCUT2D eigenvalue weighted by Crippen LogP contribution is 2.17. The summed E-state index contributed by atoms with van der Waals surface area (Å²) in [4.78, 5) is 42.7. The molecule has 0 spiro atoms. The van der Waals surface area contributed by atoms with Gasteiger partial charge in [-0.3, -0.25) is 14.5 Å². The van der Waals surface area contributed by atoms with Crippen LogP contribution >= 0.6 is 0 Å². The van der Waals surface area contributed by atoms with Crippen LogP contribution in [0.25, 0.3) is 0 Å². The minimum Gasteiger partial charge on any atom is -0.342 e. The molecule has 4 amide bonds. The number of nitrogens with one attached hydrogen (secondary N) is 2. The number of urea groups is 1. The molecule has 2 N–H and O–H groups in total. The molecule has 29 heavy (non-hydrogen) atoms. The minimum absolute atomic E-state index is 0.0740. The Morgan fingerprint density at radius 1 is 0.724 bits per heavy atom. The zero-order valence-corrected chi connectivity index (χ0v) is 17.7. The third-order valence-electron chi connectivity index (χ3n) is 6.36. The predicted molar refractivity (Wildman–Crippen MR) is 111 cm³/mol. The van der Waals surface area contributed by atoms with Crippen molar-refractivity contribution in [2.75, 3.05) is 52.4 Å². The van der Waals surface area contributed by atoms with Crippen LogP contribution in [0.4, 0.5) is 4.79 Å². The Balaban J connectivity index is 1.27. The monoisotopic (exact) mass is 407 g/mol. The van der Waals surface area contributed by atoms with Crippen molar-refractivity contribution >= 4 is 17.8 Å². The lowest BCUT2D eigenvalue weighted by Crippen LogP contribution is -2.52. The minimum atomic E-state index is -0.161. The number of nitrogens with zero attached hydrogens (tertiary/aromatic N) is 3. The first-order chi connectivity index (χ1) is 14.1. The largest absolute Gasteiger partial charge is 0.342 e. The van der Waals surface area contributed by atoms with Gasteiger partial charge in [0.1, 0.15) is 0 Å². The number of piperidine rings is 1. The highest BCUT2D eigenvalue weighted by atomic mass is 16.2. The molecule has 2 heterocycles. The maximum absolute atomic E-state index is 12.4. The van der Waals surface area contributed by atoms with Crippen LogP contribution in [0.5, 0.6) is 0 Å². The van der Waals surface area contributed by atoms with E-state index in [-0.39, 0.29) is 23.9 Å². The number of likely N-dealkylation sites (tertiary alicyclic amines) is 1. The second kappa shape index (κ2) is 11.4. The Morgan fingerprint density at radius 3 is 2.03 bits per heavy atom. The number of carbonyl (C=O) groups excluding carboxylic acids is 3. The lowest BCUT2D eigenvalue weighted by Gasteiger charge is -2.36. The summed E-state index contributed by atoms with van der Waals surface area (Å²) in [5, 5.41) is 5.82. The average molecular weight is 408 g/mol. The summed E-state index contributed by atoms with van der Waals surface area (Å²) in [5.74, 6) is 0.294. The van der Waals surface area contributed by atoms with Gasteiger partial charge in [0, 0.05) is 58.3 Å². The first-order valence-electron chi connectivity index (χ1n) is 11.4. The van der Waals surface area contributed by atoms with Crippen molar-refractivity contribution in [3.05, 3.63) is 0 Å². The predicted octanol–water partition coefficient (Wildman–Crippen LogP) is 1.17. The molecule has 8 heteroatoms. The van der Waals surface area contributed by atoms with Crippen LogP contribution in [0, 0.1) is 0 Å². The van der Waals surface area contributed by atoms with Gasteiger partial charge in [0.2, 0.25) is 11.8 Å². The molecule has 8 nitrogen and oxygen atoms in total. The summed E-state index contributed by atoms with van der Waals surface area (Å²) in [6.45, 7) is 5.38. The maximum atomic E-state index is 12.4. The first-order valence-corrected chi connectivity index (χ1v) is 11.4. The summed E-state index contributed by atoms with van der Waals surface area (Å²) < 4.78 is 0. The van der Waals surface area contributed by atoms with E-state index in [4.69, 9.17) is 0 Å². The van der Waals surface area contributed by atoms with Crippen LogP contribution < -0.4 is 10.6 Å². The van der Waals surface area contributed by atoms with Gasteiger partial charge in [-0.15, -0.1) is 0 Å². The zero-order valence-electron chi connectivity index (χ0n) is 17.7. The van der Waals surface area contributed by atoms with Gasteiger partial charge in [0.25, 0.3) is 0 Å². The van der Waals surface area contributed by atoms with Crippen molar-refractivity contribution in [1.29, 1.82) is 0 Å². The molecule has 1 aliphatic carbocycles. The number of amides is 4. The van der Waals surface area contributed by atoms with Gasteiger partial charge in [0.15, 0.2) is 0 Å². The molecule has 3 aliphatic rings. The summed E-state index contributed by atoms with van der Waals surface area (Å²) in [6.07, 6.45) is 9.49. The third kappa shape index (κ3) is 7.17. The number of piperazine rings is 1. The lowest BCUT2D eigenvalue weighted by molar-refractivity contribution is -0.135. The van der Waals surface area contributed by atoms with E-state index in [1.165, 1.54) is 25.7 Å². The van der Waals surface area contributed by atoms with Crippen LogP contribution in [0.1, 0.15) is 57.8 Å². The molecular weight excluding hydrogens is 370 g/mol. The van der Waals surface area contributed by atoms with E-state index in [1.54, 1.807) is 0 Å². The third-order valence-corrected chi connectivity index (χ3v) is 6.36. The van der Waals surface area contributed by atoms with Gasteiger partial charge < -0.3 is 20.4 Å². The smallest absolute Gasteiger partial charge is 0.315 e. The zero-order chi connectivity index (χ0) is 20.5. The molecule has 164 valence electrons. The quantitative estimate of drug-likeness (QED) is 0.692. The van der Waals surface area contributed by atoms with E-state index in [0.717, 1.165) is 51.9 Å². The average Bonchev–Trinajstić information content (AvgIpc) is 2.75. The number of hydrogen-bond donors (Lipinski definition) is 2. The van der Waals surface area contributed by atoms with E-state index in [1.807, 2.05) is 9.80 Å².